The molecule has 2 aliphatic rings. The first-order valence-electron chi connectivity index (χ1n) is 7.77. The normalized spacial score (nSPS) is 21.6. The Hall–Kier alpha value is -1.02. The van der Waals surface area contributed by atoms with Gasteiger partial charge in [-0.3, -0.25) is 4.90 Å². The van der Waals surface area contributed by atoms with E-state index in [4.69, 9.17) is 15.2 Å². The second-order valence-electron chi connectivity index (χ2n) is 6.14. The van der Waals surface area contributed by atoms with Crippen molar-refractivity contribution in [1.82, 2.24) is 19.9 Å². The summed E-state index contributed by atoms with van der Waals surface area (Å²) in [7, 11) is 0. The summed E-state index contributed by atoms with van der Waals surface area (Å²) in [4.78, 5) is 2.46. The van der Waals surface area contributed by atoms with Gasteiger partial charge in [0.2, 0.25) is 0 Å². The van der Waals surface area contributed by atoms with Crippen molar-refractivity contribution in [2.45, 2.75) is 25.9 Å². The summed E-state index contributed by atoms with van der Waals surface area (Å²) in [5, 5.41) is 8.39. The molecular formula is C14H25N5O2. The van der Waals surface area contributed by atoms with Crippen molar-refractivity contribution in [2.24, 2.45) is 11.1 Å². The predicted molar refractivity (Wildman–Crippen MR) is 77.7 cm³/mol. The van der Waals surface area contributed by atoms with E-state index in [0.717, 1.165) is 45.1 Å². The fourth-order valence-corrected chi connectivity index (χ4v) is 2.96. The van der Waals surface area contributed by atoms with Crippen LogP contribution in [-0.2, 0) is 22.6 Å². The third-order valence-corrected chi connectivity index (χ3v) is 4.43. The van der Waals surface area contributed by atoms with Crippen molar-refractivity contribution >= 4 is 0 Å². The number of ether oxygens (including phenoxy) is 2. The molecule has 118 valence electrons. The van der Waals surface area contributed by atoms with Crippen molar-refractivity contribution in [1.29, 1.82) is 0 Å². The molecule has 1 spiro atoms. The maximum Gasteiger partial charge on any atom is 0.0967 e. The summed E-state index contributed by atoms with van der Waals surface area (Å²) in [5.41, 5.74) is 6.91. The highest BCUT2D eigenvalue weighted by Gasteiger charge is 2.41. The Morgan fingerprint density at radius 3 is 2.76 bits per heavy atom. The van der Waals surface area contributed by atoms with Gasteiger partial charge in [-0.1, -0.05) is 5.21 Å². The van der Waals surface area contributed by atoms with Crippen LogP contribution in [0.1, 0.15) is 18.5 Å². The smallest absolute Gasteiger partial charge is 0.0967 e. The van der Waals surface area contributed by atoms with Crippen molar-refractivity contribution in [2.75, 3.05) is 46.1 Å². The van der Waals surface area contributed by atoms with Crippen LogP contribution in [0, 0.1) is 5.41 Å². The number of nitrogens with two attached hydrogens (primary N) is 1. The van der Waals surface area contributed by atoms with Crippen LogP contribution < -0.4 is 5.73 Å². The zero-order valence-corrected chi connectivity index (χ0v) is 12.5. The van der Waals surface area contributed by atoms with Crippen LogP contribution in [0.4, 0.5) is 0 Å². The van der Waals surface area contributed by atoms with Gasteiger partial charge in [-0.05, 0) is 25.9 Å². The maximum atomic E-state index is 5.38. The Labute approximate surface area is 125 Å². The molecule has 1 aromatic heterocycles. The van der Waals surface area contributed by atoms with Gasteiger partial charge in [0.25, 0.3) is 0 Å². The Bertz CT molecular complexity index is 436. The highest BCUT2D eigenvalue weighted by atomic mass is 16.5. The molecule has 2 aliphatic heterocycles. The molecule has 1 aromatic rings. The topological polar surface area (TPSA) is 78.4 Å². The molecule has 0 amide bonds. The van der Waals surface area contributed by atoms with E-state index in [-0.39, 0.29) is 0 Å². The minimum atomic E-state index is 0.494. The van der Waals surface area contributed by atoms with E-state index in [1.54, 1.807) is 0 Å². The average Bonchev–Trinajstić information content (AvgIpc) is 2.90. The Kier molecular flexibility index (Phi) is 4.84. The summed E-state index contributed by atoms with van der Waals surface area (Å²) in [5.74, 6) is 0. The van der Waals surface area contributed by atoms with Gasteiger partial charge >= 0.3 is 0 Å². The van der Waals surface area contributed by atoms with Gasteiger partial charge in [0.1, 0.15) is 0 Å². The zero-order chi connectivity index (χ0) is 14.5. The number of aromatic nitrogens is 3. The van der Waals surface area contributed by atoms with Crippen molar-refractivity contribution in [3.63, 3.8) is 0 Å². The molecule has 0 aromatic carbocycles. The highest BCUT2D eigenvalue weighted by molar-refractivity contribution is 4.96. The summed E-state index contributed by atoms with van der Waals surface area (Å²) in [6.45, 7) is 7.59. The highest BCUT2D eigenvalue weighted by Crippen LogP contribution is 2.38. The monoisotopic (exact) mass is 295 g/mol. The lowest BCUT2D eigenvalue weighted by Gasteiger charge is -2.47. The van der Waals surface area contributed by atoms with Gasteiger partial charge in [-0.2, -0.15) is 0 Å². The molecule has 2 fully saturated rings. The number of rotatable bonds is 7. The molecule has 0 saturated carbocycles. The number of likely N-dealkylation sites (tertiary alicyclic amines) is 1. The molecule has 0 bridgehead atoms. The Balaban J connectivity index is 1.40. The van der Waals surface area contributed by atoms with E-state index in [0.29, 0.717) is 25.2 Å². The van der Waals surface area contributed by atoms with Gasteiger partial charge in [0.05, 0.1) is 38.7 Å². The minimum Gasteiger partial charge on any atom is -0.380 e. The third-order valence-electron chi connectivity index (χ3n) is 4.43. The number of hydrogen-bond acceptors (Lipinski definition) is 6. The molecule has 0 radical (unpaired) electrons. The van der Waals surface area contributed by atoms with E-state index in [1.165, 1.54) is 12.8 Å². The molecule has 0 unspecified atom stereocenters. The molecule has 7 heteroatoms. The van der Waals surface area contributed by atoms with Crippen molar-refractivity contribution < 1.29 is 9.47 Å². The first-order chi connectivity index (χ1) is 10.3. The van der Waals surface area contributed by atoms with E-state index in [1.807, 2.05) is 10.9 Å². The van der Waals surface area contributed by atoms with E-state index in [9.17, 15) is 0 Å². The van der Waals surface area contributed by atoms with Crippen LogP contribution in [0.3, 0.4) is 0 Å². The van der Waals surface area contributed by atoms with Gasteiger partial charge in [-0.25, -0.2) is 4.68 Å². The largest absolute Gasteiger partial charge is 0.380 e. The summed E-state index contributed by atoms with van der Waals surface area (Å²) in [6.07, 6.45) is 4.50. The number of piperidine rings is 1. The summed E-state index contributed by atoms with van der Waals surface area (Å²) >= 11 is 0. The summed E-state index contributed by atoms with van der Waals surface area (Å²) in [6, 6.07) is 0. The van der Waals surface area contributed by atoms with Gasteiger partial charge in [0, 0.05) is 24.7 Å². The lowest BCUT2D eigenvalue weighted by atomic mass is 9.77. The quantitative estimate of drug-likeness (QED) is 0.706. The molecule has 3 heterocycles. The first kappa shape index (κ1) is 14.9. The van der Waals surface area contributed by atoms with Crippen LogP contribution in [0.5, 0.6) is 0 Å². The van der Waals surface area contributed by atoms with Crippen LogP contribution in [0.2, 0.25) is 0 Å². The maximum absolute atomic E-state index is 5.38. The molecule has 21 heavy (non-hydrogen) atoms. The zero-order valence-electron chi connectivity index (χ0n) is 12.5. The first-order valence-corrected chi connectivity index (χ1v) is 7.77. The predicted octanol–water partition coefficient (Wildman–Crippen LogP) is -0.134. The van der Waals surface area contributed by atoms with Crippen molar-refractivity contribution in [3.05, 3.63) is 11.9 Å². The summed E-state index contributed by atoms with van der Waals surface area (Å²) < 4.78 is 12.6. The third kappa shape index (κ3) is 3.79. The fraction of sp³-hybridized carbons (Fsp3) is 0.857. The van der Waals surface area contributed by atoms with E-state index >= 15 is 0 Å². The van der Waals surface area contributed by atoms with Crippen LogP contribution >= 0.6 is 0 Å². The fourth-order valence-electron chi connectivity index (χ4n) is 2.96. The lowest BCUT2D eigenvalue weighted by molar-refractivity contribution is -0.140. The molecular weight excluding hydrogens is 270 g/mol. The second kappa shape index (κ2) is 6.83. The van der Waals surface area contributed by atoms with Crippen LogP contribution in [0.15, 0.2) is 6.20 Å². The average molecular weight is 295 g/mol. The van der Waals surface area contributed by atoms with Crippen LogP contribution in [-0.4, -0.2) is 66.0 Å². The molecule has 0 aliphatic carbocycles. The molecule has 0 atom stereocenters. The van der Waals surface area contributed by atoms with Gasteiger partial charge in [0.15, 0.2) is 0 Å². The molecule has 3 rings (SSSR count). The van der Waals surface area contributed by atoms with Crippen LogP contribution in [0.25, 0.3) is 0 Å². The second-order valence-corrected chi connectivity index (χ2v) is 6.14. The number of nitrogens with zero attached hydrogens (tertiary/aromatic N) is 4. The SMILES string of the molecule is NCCOCCn1cc(CN2CCC3(CC2)COC3)nn1. The standard InChI is InChI=1S/C14H25N5O2/c15-3-7-20-8-6-19-10-13(16-17-19)9-18-4-1-14(2-5-18)11-21-12-14/h10H,1-9,11-12,15H2. The molecule has 2 saturated heterocycles. The lowest BCUT2D eigenvalue weighted by Crippen LogP contribution is -2.50. The Morgan fingerprint density at radius 2 is 2.10 bits per heavy atom. The minimum absolute atomic E-state index is 0.494. The van der Waals surface area contributed by atoms with E-state index < -0.39 is 0 Å². The van der Waals surface area contributed by atoms with Gasteiger partial charge < -0.3 is 15.2 Å². The van der Waals surface area contributed by atoms with E-state index in [2.05, 4.69) is 15.2 Å². The molecule has 7 nitrogen and oxygen atoms in total. The molecule has 2 N–H and O–H groups in total. The van der Waals surface area contributed by atoms with Crippen molar-refractivity contribution in [3.8, 4) is 0 Å². The van der Waals surface area contributed by atoms with Gasteiger partial charge in [-0.15, -0.1) is 5.10 Å². The number of hydrogen-bond donors (Lipinski definition) is 1. The Morgan fingerprint density at radius 1 is 1.29 bits per heavy atom.